The van der Waals surface area contributed by atoms with E-state index >= 15 is 0 Å². The second kappa shape index (κ2) is 11.3. The molecular formula is C21H30ClFO4S. The average Bonchev–Trinajstić information content (AvgIpc) is 3.18. The van der Waals surface area contributed by atoms with E-state index in [0.29, 0.717) is 30.6 Å². The molecule has 1 aromatic rings. The maximum absolute atomic E-state index is 14.4. The smallest absolute Gasteiger partial charge is 0.345 e. The Labute approximate surface area is 175 Å². The fourth-order valence-electron chi connectivity index (χ4n) is 3.81. The van der Waals surface area contributed by atoms with Crippen molar-refractivity contribution in [3.05, 3.63) is 34.0 Å². The maximum atomic E-state index is 14.4. The number of rotatable bonds is 11. The van der Waals surface area contributed by atoms with Gasteiger partial charge in [0.2, 0.25) is 0 Å². The molecule has 0 saturated heterocycles. The fourth-order valence-corrected chi connectivity index (χ4v) is 5.16. The molecule has 1 saturated carbocycles. The molecule has 1 heterocycles. The fraction of sp³-hybridized carbons (Fsp3) is 0.667. The standard InChI is InChI=1S/C21H30ClFO4S/c1-13(24)4-2-5-14(25)8-10-17-16(18(22)12-19(17)23)7-3-6-15-9-11-20(28-15)21(26)27/h8-11,13-14,16-19,24-25H,2-7,12H2,1H3,(H,26,27)/b10-8+/t13-,14+,16-,17-,18-,19-/m1/s1. The van der Waals surface area contributed by atoms with Crippen molar-refractivity contribution in [2.45, 2.75) is 75.6 Å². The van der Waals surface area contributed by atoms with Crippen molar-refractivity contribution in [1.82, 2.24) is 0 Å². The summed E-state index contributed by atoms with van der Waals surface area (Å²) in [6, 6.07) is 3.45. The Morgan fingerprint density at radius 2 is 2.11 bits per heavy atom. The third kappa shape index (κ3) is 7.14. The van der Waals surface area contributed by atoms with Gasteiger partial charge in [-0.25, -0.2) is 9.18 Å². The van der Waals surface area contributed by atoms with E-state index in [9.17, 15) is 19.4 Å². The van der Waals surface area contributed by atoms with E-state index in [0.717, 1.165) is 24.1 Å². The van der Waals surface area contributed by atoms with E-state index in [4.69, 9.17) is 16.7 Å². The van der Waals surface area contributed by atoms with Gasteiger partial charge >= 0.3 is 5.97 Å². The Kier molecular flexibility index (Phi) is 9.41. The van der Waals surface area contributed by atoms with Crippen LogP contribution in [0.2, 0.25) is 0 Å². The number of thiophene rings is 1. The summed E-state index contributed by atoms with van der Waals surface area (Å²) in [4.78, 5) is 12.3. The highest BCUT2D eigenvalue weighted by Gasteiger charge is 2.40. The molecular weight excluding hydrogens is 403 g/mol. The van der Waals surface area contributed by atoms with Crippen molar-refractivity contribution in [1.29, 1.82) is 0 Å². The van der Waals surface area contributed by atoms with Crippen LogP contribution in [0.25, 0.3) is 0 Å². The molecule has 7 heteroatoms. The monoisotopic (exact) mass is 432 g/mol. The first-order valence-electron chi connectivity index (χ1n) is 9.92. The number of aliphatic hydroxyl groups is 2. The van der Waals surface area contributed by atoms with Crippen LogP contribution in [0.1, 0.15) is 60.0 Å². The van der Waals surface area contributed by atoms with Crippen LogP contribution in [0.3, 0.4) is 0 Å². The van der Waals surface area contributed by atoms with Crippen molar-refractivity contribution >= 4 is 28.9 Å². The number of hydrogen-bond acceptors (Lipinski definition) is 4. The average molecular weight is 433 g/mol. The molecule has 1 aliphatic rings. The zero-order valence-electron chi connectivity index (χ0n) is 16.1. The van der Waals surface area contributed by atoms with Crippen molar-refractivity contribution in [2.75, 3.05) is 0 Å². The molecule has 0 amide bonds. The van der Waals surface area contributed by atoms with Crippen LogP contribution >= 0.6 is 22.9 Å². The number of aliphatic hydroxyl groups excluding tert-OH is 2. The van der Waals surface area contributed by atoms with Crippen molar-refractivity contribution in [2.24, 2.45) is 11.8 Å². The zero-order valence-corrected chi connectivity index (χ0v) is 17.7. The van der Waals surface area contributed by atoms with E-state index in [1.165, 1.54) is 11.3 Å². The third-order valence-corrected chi connectivity index (χ3v) is 6.97. The van der Waals surface area contributed by atoms with Gasteiger partial charge in [0.15, 0.2) is 0 Å². The minimum atomic E-state index is -1.01. The minimum absolute atomic E-state index is 0.0106. The first-order chi connectivity index (χ1) is 13.3. The zero-order chi connectivity index (χ0) is 20.7. The normalized spacial score (nSPS) is 27.3. The number of alkyl halides is 2. The van der Waals surface area contributed by atoms with Crippen LogP contribution in [0, 0.1) is 11.8 Å². The molecule has 1 aliphatic carbocycles. The van der Waals surface area contributed by atoms with Crippen molar-refractivity contribution in [3.63, 3.8) is 0 Å². The quantitative estimate of drug-likeness (QED) is 0.346. The number of carboxylic acid groups (broad SMARTS) is 1. The molecule has 0 radical (unpaired) electrons. The van der Waals surface area contributed by atoms with E-state index in [1.807, 2.05) is 6.07 Å². The second-order valence-corrected chi connectivity index (χ2v) is 9.43. The van der Waals surface area contributed by atoms with E-state index in [-0.39, 0.29) is 23.3 Å². The molecule has 28 heavy (non-hydrogen) atoms. The van der Waals surface area contributed by atoms with Gasteiger partial charge in [-0.05, 0) is 69.9 Å². The van der Waals surface area contributed by atoms with Crippen LogP contribution in [-0.4, -0.2) is 45.0 Å². The molecule has 0 aromatic carbocycles. The SMILES string of the molecule is C[C@@H](O)CCC[C@H](O)/C=C/[C@@H]1[C@@H](CCCc2ccc(C(=O)O)s2)[C@H](Cl)C[C@H]1F. The summed E-state index contributed by atoms with van der Waals surface area (Å²) in [6.45, 7) is 1.72. The summed E-state index contributed by atoms with van der Waals surface area (Å²) in [6.07, 6.45) is 5.99. The maximum Gasteiger partial charge on any atom is 0.345 e. The molecule has 2 rings (SSSR count). The van der Waals surface area contributed by atoms with Crippen LogP contribution in [0.15, 0.2) is 24.3 Å². The lowest BCUT2D eigenvalue weighted by molar-refractivity contribution is 0.0702. The molecule has 1 aromatic heterocycles. The van der Waals surface area contributed by atoms with Gasteiger partial charge < -0.3 is 15.3 Å². The number of aromatic carboxylic acids is 1. The van der Waals surface area contributed by atoms with Gasteiger partial charge in [-0.2, -0.15) is 0 Å². The lowest BCUT2D eigenvalue weighted by Gasteiger charge is -2.20. The van der Waals surface area contributed by atoms with Gasteiger partial charge in [0.1, 0.15) is 11.0 Å². The second-order valence-electron chi connectivity index (χ2n) is 7.70. The molecule has 6 atom stereocenters. The van der Waals surface area contributed by atoms with Crippen LogP contribution < -0.4 is 0 Å². The van der Waals surface area contributed by atoms with E-state index in [2.05, 4.69) is 0 Å². The summed E-state index contributed by atoms with van der Waals surface area (Å²) in [5.41, 5.74) is 0. The van der Waals surface area contributed by atoms with Crippen LogP contribution in [-0.2, 0) is 6.42 Å². The van der Waals surface area contributed by atoms with Gasteiger partial charge in [-0.15, -0.1) is 22.9 Å². The highest BCUT2D eigenvalue weighted by atomic mass is 35.5. The van der Waals surface area contributed by atoms with Crippen molar-refractivity contribution < 1.29 is 24.5 Å². The molecule has 0 bridgehead atoms. The van der Waals surface area contributed by atoms with Crippen LogP contribution in [0.4, 0.5) is 4.39 Å². The highest BCUT2D eigenvalue weighted by Crippen LogP contribution is 2.41. The number of hydrogen-bond donors (Lipinski definition) is 3. The molecule has 0 spiro atoms. The Balaban J connectivity index is 1.84. The van der Waals surface area contributed by atoms with Gasteiger partial charge in [0.05, 0.1) is 12.2 Å². The Morgan fingerprint density at radius 1 is 1.36 bits per heavy atom. The summed E-state index contributed by atoms with van der Waals surface area (Å²) >= 11 is 7.67. The third-order valence-electron chi connectivity index (χ3n) is 5.34. The summed E-state index contributed by atoms with van der Waals surface area (Å²) in [7, 11) is 0. The lowest BCUT2D eigenvalue weighted by Crippen LogP contribution is -2.18. The number of carboxylic acids is 1. The lowest BCUT2D eigenvalue weighted by atomic mass is 9.89. The van der Waals surface area contributed by atoms with Gasteiger partial charge in [-0.1, -0.05) is 12.2 Å². The van der Waals surface area contributed by atoms with Crippen LogP contribution in [0.5, 0.6) is 0 Å². The number of carbonyl (C=O) groups is 1. The molecule has 3 N–H and O–H groups in total. The summed E-state index contributed by atoms with van der Waals surface area (Å²) < 4.78 is 14.4. The van der Waals surface area contributed by atoms with E-state index in [1.54, 1.807) is 25.1 Å². The van der Waals surface area contributed by atoms with Crippen molar-refractivity contribution in [3.8, 4) is 0 Å². The molecule has 158 valence electrons. The van der Waals surface area contributed by atoms with Gasteiger partial charge in [0.25, 0.3) is 0 Å². The Morgan fingerprint density at radius 3 is 2.75 bits per heavy atom. The Bertz CT molecular complexity index is 648. The molecule has 1 fully saturated rings. The van der Waals surface area contributed by atoms with Gasteiger partial charge in [-0.3, -0.25) is 0 Å². The van der Waals surface area contributed by atoms with Gasteiger partial charge in [0, 0.05) is 16.2 Å². The summed E-state index contributed by atoms with van der Waals surface area (Å²) in [5.74, 6) is -1.20. The number of allylic oxidation sites excluding steroid dienone is 1. The number of halogens is 2. The molecule has 0 aliphatic heterocycles. The minimum Gasteiger partial charge on any atom is -0.477 e. The highest BCUT2D eigenvalue weighted by molar-refractivity contribution is 7.13. The summed E-state index contributed by atoms with van der Waals surface area (Å²) in [5, 5.41) is 28.1. The first-order valence-corrected chi connectivity index (χ1v) is 11.2. The first kappa shape index (κ1) is 23.3. The largest absolute Gasteiger partial charge is 0.477 e. The van der Waals surface area contributed by atoms with E-state index < -0.39 is 18.2 Å². The predicted molar refractivity (Wildman–Crippen MR) is 111 cm³/mol. The predicted octanol–water partition coefficient (Wildman–Crippen LogP) is 4.82. The topological polar surface area (TPSA) is 77.8 Å². The number of aryl methyl sites for hydroxylation is 1. The molecule has 0 unspecified atom stereocenters. The molecule has 4 nitrogen and oxygen atoms in total. The Hall–Kier alpha value is -0.950.